The third-order valence-electron chi connectivity index (χ3n) is 5.18. The number of nitrogens with zero attached hydrogens (tertiary/aromatic N) is 2. The molecule has 8 nitrogen and oxygen atoms in total. The number of esters is 1. The Balaban J connectivity index is 3.03. The lowest BCUT2D eigenvalue weighted by Gasteiger charge is -2.37. The van der Waals surface area contributed by atoms with Crippen molar-refractivity contribution in [1.82, 2.24) is 4.67 Å². The minimum atomic E-state index is -2.55. The highest BCUT2D eigenvalue weighted by atomic mass is 31.2. The van der Waals surface area contributed by atoms with Crippen LogP contribution in [0.3, 0.4) is 0 Å². The normalized spacial score (nSPS) is 24.9. The van der Waals surface area contributed by atoms with Crippen molar-refractivity contribution in [2.45, 2.75) is 96.4 Å². The molecule has 1 rings (SSSR count). The van der Waals surface area contributed by atoms with Crippen LogP contribution in [0.1, 0.15) is 54.4 Å². The summed E-state index contributed by atoms with van der Waals surface area (Å²) in [7, 11) is 2.20. The fourth-order valence-electron chi connectivity index (χ4n) is 3.46. The lowest BCUT2D eigenvalue weighted by atomic mass is 9.94. The number of nitriles is 1. The first-order chi connectivity index (χ1) is 14.3. The summed E-state index contributed by atoms with van der Waals surface area (Å²) in [6, 6.07) is 1.64. The SMILES string of the molecule is [B][C@@H]1O[C@H](C(OC(C)=O)C(C)P(C)(C)=O)C[C@@H]1OP(OCCC#N)N(C(C)C)C(C)C. The van der Waals surface area contributed by atoms with Crippen molar-refractivity contribution < 1.29 is 27.9 Å². The highest BCUT2D eigenvalue weighted by molar-refractivity contribution is 7.63. The van der Waals surface area contributed by atoms with Gasteiger partial charge in [0, 0.05) is 37.1 Å². The van der Waals surface area contributed by atoms with Gasteiger partial charge in [0.2, 0.25) is 0 Å². The lowest BCUT2D eigenvalue weighted by molar-refractivity contribution is -0.153. The Morgan fingerprint density at radius 1 is 1.29 bits per heavy atom. The van der Waals surface area contributed by atoms with E-state index in [0.717, 1.165) is 0 Å². The predicted molar refractivity (Wildman–Crippen MR) is 124 cm³/mol. The lowest BCUT2D eigenvalue weighted by Crippen LogP contribution is -2.39. The molecule has 1 saturated heterocycles. The third kappa shape index (κ3) is 8.76. The molecule has 0 aromatic rings. The van der Waals surface area contributed by atoms with E-state index in [2.05, 4.69) is 38.4 Å². The molecule has 0 saturated carbocycles. The van der Waals surface area contributed by atoms with Gasteiger partial charge in [-0.25, -0.2) is 4.67 Å². The molecule has 1 fully saturated rings. The summed E-state index contributed by atoms with van der Waals surface area (Å²) in [6.07, 6.45) is -1.06. The molecular formula is C20H37BN2O6P2. The zero-order valence-corrected chi connectivity index (χ0v) is 21.8. The Kier molecular flexibility index (Phi) is 11.7. The molecule has 0 N–H and O–H groups in total. The zero-order chi connectivity index (χ0) is 23.9. The molecule has 0 aromatic heterocycles. The Morgan fingerprint density at radius 2 is 1.87 bits per heavy atom. The molecule has 0 spiro atoms. The van der Waals surface area contributed by atoms with Gasteiger partial charge in [0.15, 0.2) is 0 Å². The van der Waals surface area contributed by atoms with Crippen molar-refractivity contribution in [1.29, 1.82) is 5.26 Å². The Hall–Kier alpha value is -0.475. The van der Waals surface area contributed by atoms with Gasteiger partial charge in [0.25, 0.3) is 8.53 Å². The Bertz CT molecular complexity index is 661. The summed E-state index contributed by atoms with van der Waals surface area (Å²) in [5.41, 5.74) is -0.386. The summed E-state index contributed by atoms with van der Waals surface area (Å²) in [6.45, 7) is 14.9. The summed E-state index contributed by atoms with van der Waals surface area (Å²) >= 11 is 0. The number of hydrogen-bond donors (Lipinski definition) is 0. The monoisotopic (exact) mass is 474 g/mol. The fourth-order valence-corrected chi connectivity index (χ4v) is 6.17. The van der Waals surface area contributed by atoms with Gasteiger partial charge in [-0.05, 0) is 41.0 Å². The molecule has 3 unspecified atom stereocenters. The van der Waals surface area contributed by atoms with Gasteiger partial charge >= 0.3 is 5.97 Å². The molecule has 11 heteroatoms. The number of carbonyl (C=O) groups excluding carboxylic acids is 1. The average molecular weight is 474 g/mol. The van der Waals surface area contributed by atoms with Crippen LogP contribution in [-0.4, -0.2) is 80.5 Å². The van der Waals surface area contributed by atoms with E-state index in [-0.39, 0.29) is 30.8 Å². The zero-order valence-electron chi connectivity index (χ0n) is 20.0. The average Bonchev–Trinajstić information content (AvgIpc) is 2.98. The fraction of sp³-hybridized carbons (Fsp3) is 0.900. The summed E-state index contributed by atoms with van der Waals surface area (Å²) in [4.78, 5) is 11.7. The van der Waals surface area contributed by atoms with Crippen LogP contribution >= 0.6 is 15.7 Å². The standard InChI is InChI=1S/C20H37BN2O6P2/c1-13(2)23(14(3)4)30(26-11-9-10-22)29-18-12-17(28-20(18)21)19(27-16(6)24)15(5)31(7,8)25/h13-15,17-20H,9,11-12H2,1-8H3/t15?,17-,18-,19?,20+,30?/m0/s1. The Labute approximate surface area is 190 Å². The molecule has 1 aliphatic heterocycles. The van der Waals surface area contributed by atoms with Crippen LogP contribution in [0.4, 0.5) is 0 Å². The molecule has 6 atom stereocenters. The molecule has 1 aliphatic rings. The maximum absolute atomic E-state index is 12.7. The van der Waals surface area contributed by atoms with Crippen LogP contribution in [0.2, 0.25) is 0 Å². The highest BCUT2D eigenvalue weighted by Gasteiger charge is 2.45. The van der Waals surface area contributed by atoms with E-state index in [0.29, 0.717) is 6.42 Å². The maximum Gasteiger partial charge on any atom is 0.303 e. The topological polar surface area (TPSA) is 98.1 Å². The van der Waals surface area contributed by atoms with E-state index < -0.39 is 46.0 Å². The van der Waals surface area contributed by atoms with Gasteiger partial charge in [-0.1, -0.05) is 6.92 Å². The minimum Gasteiger partial charge on any atom is -0.459 e. The minimum absolute atomic E-state index is 0.155. The molecule has 1 heterocycles. The highest BCUT2D eigenvalue weighted by Crippen LogP contribution is 2.50. The second-order valence-corrected chi connectivity index (χ2v) is 13.9. The molecule has 176 valence electrons. The van der Waals surface area contributed by atoms with Crippen LogP contribution in [0, 0.1) is 11.3 Å². The first kappa shape index (κ1) is 28.6. The summed E-state index contributed by atoms with van der Waals surface area (Å²) in [5.74, 6) is -0.459. The molecule has 0 amide bonds. The van der Waals surface area contributed by atoms with Crippen LogP contribution < -0.4 is 0 Å². The van der Waals surface area contributed by atoms with E-state index in [9.17, 15) is 9.36 Å². The summed E-state index contributed by atoms with van der Waals surface area (Å²) < 4.78 is 38.5. The first-order valence-corrected chi connectivity index (χ1v) is 14.5. The van der Waals surface area contributed by atoms with E-state index in [4.69, 9.17) is 31.6 Å². The van der Waals surface area contributed by atoms with Crippen molar-refractivity contribution in [3.8, 4) is 6.07 Å². The van der Waals surface area contributed by atoms with E-state index in [1.807, 2.05) is 0 Å². The van der Waals surface area contributed by atoms with Gasteiger partial charge in [-0.2, -0.15) is 5.26 Å². The van der Waals surface area contributed by atoms with Crippen LogP contribution in [-0.2, 0) is 27.9 Å². The maximum atomic E-state index is 12.7. The van der Waals surface area contributed by atoms with Gasteiger partial charge < -0.3 is 23.1 Å². The van der Waals surface area contributed by atoms with Crippen LogP contribution in [0.5, 0.6) is 0 Å². The predicted octanol–water partition coefficient (Wildman–Crippen LogP) is 3.87. The van der Waals surface area contributed by atoms with Crippen LogP contribution in [0.15, 0.2) is 0 Å². The van der Waals surface area contributed by atoms with Gasteiger partial charge in [-0.15, -0.1) is 0 Å². The molecule has 0 bridgehead atoms. The van der Waals surface area contributed by atoms with Crippen molar-refractivity contribution in [3.63, 3.8) is 0 Å². The number of ether oxygens (including phenoxy) is 2. The van der Waals surface area contributed by atoms with Gasteiger partial charge in [0.1, 0.15) is 14.0 Å². The molecule has 0 aliphatic carbocycles. The quantitative estimate of drug-likeness (QED) is 0.182. The van der Waals surface area contributed by atoms with Crippen molar-refractivity contribution in [2.24, 2.45) is 0 Å². The molecule has 2 radical (unpaired) electrons. The number of hydrogen-bond acceptors (Lipinski definition) is 8. The molecule has 31 heavy (non-hydrogen) atoms. The van der Waals surface area contributed by atoms with Crippen molar-refractivity contribution in [3.05, 3.63) is 0 Å². The third-order valence-corrected chi connectivity index (χ3v) is 9.59. The summed E-state index contributed by atoms with van der Waals surface area (Å²) in [5, 5.41) is 8.87. The second kappa shape index (κ2) is 12.7. The Morgan fingerprint density at radius 3 is 2.32 bits per heavy atom. The largest absolute Gasteiger partial charge is 0.459 e. The van der Waals surface area contributed by atoms with E-state index in [1.165, 1.54) is 6.92 Å². The van der Waals surface area contributed by atoms with Gasteiger partial charge in [-0.3, -0.25) is 4.79 Å². The van der Waals surface area contributed by atoms with E-state index >= 15 is 0 Å². The van der Waals surface area contributed by atoms with E-state index in [1.54, 1.807) is 20.3 Å². The van der Waals surface area contributed by atoms with Crippen molar-refractivity contribution >= 4 is 29.5 Å². The second-order valence-electron chi connectivity index (χ2n) is 8.81. The first-order valence-electron chi connectivity index (χ1n) is 10.7. The molecular weight excluding hydrogens is 437 g/mol. The van der Waals surface area contributed by atoms with Crippen molar-refractivity contribution in [2.75, 3.05) is 19.9 Å². The molecule has 0 aromatic carbocycles. The van der Waals surface area contributed by atoms with Crippen LogP contribution in [0.25, 0.3) is 0 Å². The number of carbonyl (C=O) groups is 1. The number of rotatable bonds is 12. The van der Waals surface area contributed by atoms with Gasteiger partial charge in [0.05, 0.1) is 38.4 Å². The smallest absolute Gasteiger partial charge is 0.303 e.